The normalized spacial score (nSPS) is 11.4. The van der Waals surface area contributed by atoms with Crippen LogP contribution in [0.3, 0.4) is 0 Å². The number of carbonyl (C=O) groups is 2. The highest BCUT2D eigenvalue weighted by molar-refractivity contribution is 5.90. The molecule has 130 valence electrons. The van der Waals surface area contributed by atoms with Gasteiger partial charge in [-0.2, -0.15) is 13.2 Å². The maximum Gasteiger partial charge on any atom is 0.416 e. The highest BCUT2D eigenvalue weighted by Gasteiger charge is 2.29. The van der Waals surface area contributed by atoms with E-state index < -0.39 is 23.7 Å². The van der Waals surface area contributed by atoms with Gasteiger partial charge in [0.15, 0.2) is 0 Å². The fourth-order valence-corrected chi connectivity index (χ4v) is 1.87. The Morgan fingerprint density at radius 3 is 2.08 bits per heavy atom. The number of alkyl halides is 3. The molecule has 0 aliphatic rings. The zero-order valence-corrected chi connectivity index (χ0v) is 13.0. The molecule has 0 spiro atoms. The molecule has 0 unspecified atom stereocenters. The second-order valence-electron chi connectivity index (χ2n) is 4.89. The standard InChI is InChI=1S/C18H13F3O4/c1-24-17(23)13-5-9-15(10-6-13)25-16(22)11-4-12-2-7-14(8-3-12)18(19,20)21/h2-11H,1H3/b11-4+. The molecular weight excluding hydrogens is 337 g/mol. The highest BCUT2D eigenvalue weighted by Crippen LogP contribution is 2.29. The largest absolute Gasteiger partial charge is 0.465 e. The average molecular weight is 350 g/mol. The predicted molar refractivity (Wildman–Crippen MR) is 83.9 cm³/mol. The van der Waals surface area contributed by atoms with Gasteiger partial charge in [0.1, 0.15) is 5.75 Å². The van der Waals surface area contributed by atoms with Crippen molar-refractivity contribution in [1.82, 2.24) is 0 Å². The second kappa shape index (κ2) is 7.65. The average Bonchev–Trinajstić information content (AvgIpc) is 2.59. The third-order valence-electron chi connectivity index (χ3n) is 3.14. The number of halogens is 3. The van der Waals surface area contributed by atoms with E-state index >= 15 is 0 Å². The van der Waals surface area contributed by atoms with Crippen LogP contribution >= 0.6 is 0 Å². The zero-order chi connectivity index (χ0) is 18.4. The van der Waals surface area contributed by atoms with Crippen molar-refractivity contribution >= 4 is 18.0 Å². The molecule has 2 rings (SSSR count). The van der Waals surface area contributed by atoms with Crippen LogP contribution in [0.1, 0.15) is 21.5 Å². The molecule has 0 N–H and O–H groups in total. The maximum atomic E-state index is 12.5. The molecule has 0 saturated heterocycles. The number of hydrogen-bond donors (Lipinski definition) is 0. The summed E-state index contributed by atoms with van der Waals surface area (Å²) in [4.78, 5) is 23.0. The van der Waals surface area contributed by atoms with E-state index in [1.807, 2.05) is 0 Å². The van der Waals surface area contributed by atoms with E-state index in [9.17, 15) is 22.8 Å². The maximum absolute atomic E-state index is 12.5. The van der Waals surface area contributed by atoms with Crippen molar-refractivity contribution in [2.75, 3.05) is 7.11 Å². The van der Waals surface area contributed by atoms with Gasteiger partial charge >= 0.3 is 18.1 Å². The summed E-state index contributed by atoms with van der Waals surface area (Å²) in [5.41, 5.74) is -0.0356. The molecule has 0 amide bonds. The summed E-state index contributed by atoms with van der Waals surface area (Å²) in [6.45, 7) is 0. The molecule has 0 aliphatic carbocycles. The molecule has 25 heavy (non-hydrogen) atoms. The Labute approximate surface area is 141 Å². The molecule has 2 aromatic carbocycles. The third kappa shape index (κ3) is 5.20. The van der Waals surface area contributed by atoms with Crippen LogP contribution in [0.25, 0.3) is 6.08 Å². The molecule has 0 aromatic heterocycles. The molecule has 0 aliphatic heterocycles. The minimum absolute atomic E-state index is 0.217. The molecule has 4 nitrogen and oxygen atoms in total. The number of esters is 2. The summed E-state index contributed by atoms with van der Waals surface area (Å²) in [5.74, 6) is -1.000. The van der Waals surface area contributed by atoms with E-state index in [1.54, 1.807) is 0 Å². The number of ether oxygens (including phenoxy) is 2. The van der Waals surface area contributed by atoms with Crippen molar-refractivity contribution in [3.63, 3.8) is 0 Å². The van der Waals surface area contributed by atoms with Crippen molar-refractivity contribution in [3.05, 3.63) is 71.3 Å². The fraction of sp³-hybridized carbons (Fsp3) is 0.111. The smallest absolute Gasteiger partial charge is 0.416 e. The summed E-state index contributed by atoms with van der Waals surface area (Å²) < 4.78 is 46.9. The van der Waals surface area contributed by atoms with Crippen LogP contribution in [-0.4, -0.2) is 19.0 Å². The van der Waals surface area contributed by atoms with E-state index in [0.29, 0.717) is 11.1 Å². The Kier molecular flexibility index (Phi) is 5.59. The van der Waals surface area contributed by atoms with Gasteiger partial charge in [0, 0.05) is 6.08 Å². The van der Waals surface area contributed by atoms with Crippen molar-refractivity contribution in [1.29, 1.82) is 0 Å². The molecule has 0 fully saturated rings. The minimum Gasteiger partial charge on any atom is -0.465 e. The van der Waals surface area contributed by atoms with E-state index in [-0.39, 0.29) is 5.75 Å². The lowest BCUT2D eigenvalue weighted by Crippen LogP contribution is -2.05. The first-order valence-corrected chi connectivity index (χ1v) is 7.05. The number of rotatable bonds is 4. The van der Waals surface area contributed by atoms with Gasteiger partial charge in [-0.05, 0) is 48.0 Å². The Morgan fingerprint density at radius 2 is 1.56 bits per heavy atom. The fourth-order valence-electron chi connectivity index (χ4n) is 1.87. The molecule has 2 aromatic rings. The van der Waals surface area contributed by atoms with Crippen LogP contribution in [0.4, 0.5) is 13.2 Å². The SMILES string of the molecule is COC(=O)c1ccc(OC(=O)/C=C/c2ccc(C(F)(F)F)cc2)cc1. The van der Waals surface area contributed by atoms with Gasteiger partial charge in [0.2, 0.25) is 0 Å². The van der Waals surface area contributed by atoms with E-state index in [4.69, 9.17) is 4.74 Å². The van der Waals surface area contributed by atoms with Gasteiger partial charge in [-0.25, -0.2) is 9.59 Å². The van der Waals surface area contributed by atoms with Crippen LogP contribution in [0.15, 0.2) is 54.6 Å². The van der Waals surface area contributed by atoms with Crippen LogP contribution in [-0.2, 0) is 15.7 Å². The summed E-state index contributed by atoms with van der Waals surface area (Å²) in [5, 5.41) is 0. The Morgan fingerprint density at radius 1 is 0.960 bits per heavy atom. The van der Waals surface area contributed by atoms with Gasteiger partial charge in [-0.1, -0.05) is 12.1 Å². The Balaban J connectivity index is 1.97. The quantitative estimate of drug-likeness (QED) is 0.473. The second-order valence-corrected chi connectivity index (χ2v) is 4.89. The van der Waals surface area contributed by atoms with Crippen LogP contribution in [0.2, 0.25) is 0 Å². The number of methoxy groups -OCH3 is 1. The van der Waals surface area contributed by atoms with Gasteiger partial charge in [-0.15, -0.1) is 0 Å². The van der Waals surface area contributed by atoms with Gasteiger partial charge in [0.05, 0.1) is 18.2 Å². The van der Waals surface area contributed by atoms with Crippen molar-refractivity contribution in [3.8, 4) is 5.75 Å². The number of benzene rings is 2. The first-order valence-electron chi connectivity index (χ1n) is 7.05. The van der Waals surface area contributed by atoms with Crippen LogP contribution in [0.5, 0.6) is 5.75 Å². The van der Waals surface area contributed by atoms with Crippen molar-refractivity contribution in [2.24, 2.45) is 0 Å². The number of carbonyl (C=O) groups excluding carboxylic acids is 2. The van der Waals surface area contributed by atoms with Crippen LogP contribution in [0, 0.1) is 0 Å². The highest BCUT2D eigenvalue weighted by atomic mass is 19.4. The summed E-state index contributed by atoms with van der Waals surface area (Å²) in [7, 11) is 1.25. The Bertz CT molecular complexity index is 775. The lowest BCUT2D eigenvalue weighted by Gasteiger charge is -2.06. The van der Waals surface area contributed by atoms with Gasteiger partial charge in [-0.3, -0.25) is 0 Å². The van der Waals surface area contributed by atoms with E-state index in [1.165, 1.54) is 49.6 Å². The topological polar surface area (TPSA) is 52.6 Å². The van der Waals surface area contributed by atoms with Crippen molar-refractivity contribution in [2.45, 2.75) is 6.18 Å². The van der Waals surface area contributed by atoms with Gasteiger partial charge < -0.3 is 9.47 Å². The summed E-state index contributed by atoms with van der Waals surface area (Å²) in [6, 6.07) is 10.1. The summed E-state index contributed by atoms with van der Waals surface area (Å²) >= 11 is 0. The molecule has 0 heterocycles. The first kappa shape index (κ1) is 18.3. The first-order chi connectivity index (χ1) is 11.8. The minimum atomic E-state index is -4.41. The molecule has 0 atom stereocenters. The molecule has 0 saturated carbocycles. The summed E-state index contributed by atoms with van der Waals surface area (Å²) in [6.07, 6.45) is -1.97. The lowest BCUT2D eigenvalue weighted by molar-refractivity contribution is -0.137. The van der Waals surface area contributed by atoms with Crippen molar-refractivity contribution < 1.29 is 32.2 Å². The van der Waals surface area contributed by atoms with Crippen LogP contribution < -0.4 is 4.74 Å². The van der Waals surface area contributed by atoms with E-state index in [0.717, 1.165) is 18.2 Å². The number of hydrogen-bond acceptors (Lipinski definition) is 4. The van der Waals surface area contributed by atoms with Gasteiger partial charge in [0.25, 0.3) is 0 Å². The van der Waals surface area contributed by atoms with E-state index in [2.05, 4.69) is 4.74 Å². The Hall–Kier alpha value is -3.09. The molecular formula is C18H13F3O4. The lowest BCUT2D eigenvalue weighted by atomic mass is 10.1. The zero-order valence-electron chi connectivity index (χ0n) is 13.0. The predicted octanol–water partition coefficient (Wildman–Crippen LogP) is 4.11. The monoisotopic (exact) mass is 350 g/mol. The molecule has 0 radical (unpaired) electrons. The third-order valence-corrected chi connectivity index (χ3v) is 3.14. The molecule has 7 heteroatoms. The molecule has 0 bridgehead atoms.